The van der Waals surface area contributed by atoms with Gasteiger partial charge in [-0.1, -0.05) is 60.7 Å². The summed E-state index contributed by atoms with van der Waals surface area (Å²) in [5, 5.41) is 11.6. The minimum Gasteiger partial charge on any atom is -0.458 e. The van der Waals surface area contributed by atoms with Gasteiger partial charge in [0, 0.05) is 5.54 Å². The maximum Gasteiger partial charge on any atom is 0.348 e. The summed E-state index contributed by atoms with van der Waals surface area (Å²) in [4.78, 5) is 15.7. The highest BCUT2D eigenvalue weighted by molar-refractivity contribution is 5.85. The number of esters is 1. The number of carbonyl (C=O) groups excluding carboxylic acids is 1. The van der Waals surface area contributed by atoms with E-state index in [9.17, 15) is 9.90 Å². The molecule has 1 aliphatic heterocycles. The van der Waals surface area contributed by atoms with E-state index in [1.807, 2.05) is 36.4 Å². The smallest absolute Gasteiger partial charge is 0.348 e. The van der Waals surface area contributed by atoms with Gasteiger partial charge in [-0.2, -0.15) is 0 Å². The summed E-state index contributed by atoms with van der Waals surface area (Å²) in [6.07, 6.45) is 1.37. The van der Waals surface area contributed by atoms with Crippen LogP contribution in [0.3, 0.4) is 0 Å². The first-order valence-electron chi connectivity index (χ1n) is 9.88. The maximum absolute atomic E-state index is 13.4. The summed E-state index contributed by atoms with van der Waals surface area (Å²) in [7, 11) is 2.07. The molecule has 2 aromatic rings. The third kappa shape index (κ3) is 3.47. The van der Waals surface area contributed by atoms with Gasteiger partial charge in [0.25, 0.3) is 0 Å². The topological polar surface area (TPSA) is 49.8 Å². The minimum atomic E-state index is -1.84. The number of likely N-dealkylation sites (tertiary alicyclic amines) is 1. The SMILES string of the molecule is CN1C(C)(C)CCC(OC(=O)C(O)(c2ccccc2)c2ccccc2)C1(C)C. The highest BCUT2D eigenvalue weighted by Gasteiger charge is 2.50. The molecule has 3 rings (SSSR count). The molecule has 2 aromatic carbocycles. The number of aliphatic hydroxyl groups is 1. The quantitative estimate of drug-likeness (QED) is 0.810. The first-order chi connectivity index (χ1) is 13.1. The maximum atomic E-state index is 13.4. The Morgan fingerprint density at radius 1 is 1.00 bits per heavy atom. The van der Waals surface area contributed by atoms with Gasteiger partial charge >= 0.3 is 5.97 Å². The number of piperidine rings is 1. The molecule has 0 amide bonds. The van der Waals surface area contributed by atoms with Crippen molar-refractivity contribution >= 4 is 5.97 Å². The van der Waals surface area contributed by atoms with E-state index in [4.69, 9.17) is 4.74 Å². The summed E-state index contributed by atoms with van der Waals surface area (Å²) < 4.78 is 6.01. The Hall–Kier alpha value is -2.17. The van der Waals surface area contributed by atoms with Crippen molar-refractivity contribution < 1.29 is 14.6 Å². The van der Waals surface area contributed by atoms with Crippen LogP contribution in [0.5, 0.6) is 0 Å². The fourth-order valence-electron chi connectivity index (χ4n) is 4.18. The number of likely N-dealkylation sites (N-methyl/N-ethyl adjacent to an activating group) is 1. The molecule has 4 nitrogen and oxygen atoms in total. The Balaban J connectivity index is 1.96. The van der Waals surface area contributed by atoms with E-state index in [0.717, 1.165) is 12.8 Å². The largest absolute Gasteiger partial charge is 0.458 e. The molecular weight excluding hydrogens is 350 g/mol. The molecule has 1 N–H and O–H groups in total. The van der Waals surface area contributed by atoms with E-state index in [0.29, 0.717) is 11.1 Å². The second-order valence-electron chi connectivity index (χ2n) is 8.90. The number of carbonyl (C=O) groups is 1. The zero-order chi connectivity index (χ0) is 20.6. The van der Waals surface area contributed by atoms with Gasteiger partial charge in [0.1, 0.15) is 6.10 Å². The van der Waals surface area contributed by atoms with Crippen molar-refractivity contribution in [3.63, 3.8) is 0 Å². The van der Waals surface area contributed by atoms with Crippen LogP contribution in [0.4, 0.5) is 0 Å². The standard InChI is InChI=1S/C24H31NO3/c1-22(2)17-16-20(23(3,4)25(22)5)28-21(26)24(27,18-12-8-6-9-13-18)19-14-10-7-11-15-19/h6-15,20,27H,16-17H2,1-5H3. The van der Waals surface area contributed by atoms with Crippen LogP contribution < -0.4 is 0 Å². The highest BCUT2D eigenvalue weighted by Crippen LogP contribution is 2.40. The first kappa shape index (κ1) is 20.6. The molecule has 0 aromatic heterocycles. The number of hydrogen-bond acceptors (Lipinski definition) is 4. The predicted molar refractivity (Wildman–Crippen MR) is 111 cm³/mol. The van der Waals surface area contributed by atoms with Crippen molar-refractivity contribution in [2.24, 2.45) is 0 Å². The highest BCUT2D eigenvalue weighted by atomic mass is 16.6. The Morgan fingerprint density at radius 2 is 1.46 bits per heavy atom. The molecule has 1 aliphatic rings. The van der Waals surface area contributed by atoms with E-state index in [2.05, 4.69) is 39.6 Å². The molecule has 0 bridgehead atoms. The van der Waals surface area contributed by atoms with Crippen LogP contribution in [0.25, 0.3) is 0 Å². The van der Waals surface area contributed by atoms with Crippen molar-refractivity contribution in [3.05, 3.63) is 71.8 Å². The third-order valence-electron chi connectivity index (χ3n) is 6.51. The van der Waals surface area contributed by atoms with Crippen molar-refractivity contribution in [1.29, 1.82) is 0 Å². The Morgan fingerprint density at radius 3 is 1.93 bits per heavy atom. The summed E-state index contributed by atoms with van der Waals surface area (Å²) in [6.45, 7) is 8.60. The lowest BCUT2D eigenvalue weighted by molar-refractivity contribution is -0.184. The molecule has 1 saturated heterocycles. The zero-order valence-electron chi connectivity index (χ0n) is 17.5. The lowest BCUT2D eigenvalue weighted by Crippen LogP contribution is -2.64. The van der Waals surface area contributed by atoms with Crippen LogP contribution in [-0.4, -0.2) is 40.2 Å². The molecule has 150 valence electrons. The van der Waals surface area contributed by atoms with E-state index >= 15 is 0 Å². The minimum absolute atomic E-state index is 0.0293. The normalized spacial score (nSPS) is 21.9. The summed E-state index contributed by atoms with van der Waals surface area (Å²) >= 11 is 0. The van der Waals surface area contributed by atoms with Gasteiger partial charge in [0.15, 0.2) is 0 Å². The summed E-state index contributed by atoms with van der Waals surface area (Å²) in [5.74, 6) is -0.629. The Kier molecular flexibility index (Phi) is 5.39. The average molecular weight is 382 g/mol. The van der Waals surface area contributed by atoms with Crippen LogP contribution in [0.2, 0.25) is 0 Å². The number of rotatable bonds is 4. The van der Waals surface area contributed by atoms with Crippen LogP contribution in [0.15, 0.2) is 60.7 Å². The second kappa shape index (κ2) is 7.34. The zero-order valence-corrected chi connectivity index (χ0v) is 17.5. The molecule has 1 atom stereocenters. The molecule has 0 radical (unpaired) electrons. The summed E-state index contributed by atoms with van der Waals surface area (Å²) in [5.41, 5.74) is -1.14. The molecule has 1 heterocycles. The summed E-state index contributed by atoms with van der Waals surface area (Å²) in [6, 6.07) is 18.0. The van der Waals surface area contributed by atoms with E-state index in [1.165, 1.54) is 0 Å². The predicted octanol–water partition coefficient (Wildman–Crippen LogP) is 4.12. The lowest BCUT2D eigenvalue weighted by atomic mass is 9.78. The van der Waals surface area contributed by atoms with Gasteiger partial charge in [0.05, 0.1) is 5.54 Å². The molecule has 0 saturated carbocycles. The second-order valence-corrected chi connectivity index (χ2v) is 8.90. The molecule has 1 fully saturated rings. The molecule has 0 spiro atoms. The number of ether oxygens (including phenoxy) is 1. The fraction of sp³-hybridized carbons (Fsp3) is 0.458. The Bertz CT molecular complexity index is 775. The monoisotopic (exact) mass is 381 g/mol. The first-order valence-corrected chi connectivity index (χ1v) is 9.88. The number of nitrogens with zero attached hydrogens (tertiary/aromatic N) is 1. The van der Waals surface area contributed by atoms with Crippen molar-refractivity contribution in [3.8, 4) is 0 Å². The van der Waals surface area contributed by atoms with Gasteiger partial charge in [-0.15, -0.1) is 0 Å². The van der Waals surface area contributed by atoms with Crippen molar-refractivity contribution in [2.75, 3.05) is 7.05 Å². The molecule has 0 aliphatic carbocycles. The molecular formula is C24H31NO3. The van der Waals surface area contributed by atoms with E-state index < -0.39 is 11.6 Å². The molecule has 28 heavy (non-hydrogen) atoms. The van der Waals surface area contributed by atoms with Crippen LogP contribution in [0.1, 0.15) is 51.7 Å². The third-order valence-corrected chi connectivity index (χ3v) is 6.51. The van der Waals surface area contributed by atoms with Gasteiger partial charge in [-0.3, -0.25) is 4.90 Å². The van der Waals surface area contributed by atoms with Gasteiger partial charge in [-0.05, 0) is 58.7 Å². The molecule has 1 unspecified atom stereocenters. The number of benzene rings is 2. The van der Waals surface area contributed by atoms with E-state index in [-0.39, 0.29) is 17.2 Å². The fourth-order valence-corrected chi connectivity index (χ4v) is 4.18. The Labute approximate surface area is 168 Å². The average Bonchev–Trinajstić information content (AvgIpc) is 2.69. The van der Waals surface area contributed by atoms with Crippen molar-refractivity contribution in [1.82, 2.24) is 4.90 Å². The van der Waals surface area contributed by atoms with Crippen LogP contribution in [0, 0.1) is 0 Å². The number of hydrogen-bond donors (Lipinski definition) is 1. The molecule has 4 heteroatoms. The van der Waals surface area contributed by atoms with Crippen LogP contribution in [-0.2, 0) is 15.1 Å². The van der Waals surface area contributed by atoms with Crippen LogP contribution >= 0.6 is 0 Å². The van der Waals surface area contributed by atoms with Gasteiger partial charge < -0.3 is 9.84 Å². The van der Waals surface area contributed by atoms with Gasteiger partial charge in [0.2, 0.25) is 5.60 Å². The van der Waals surface area contributed by atoms with E-state index in [1.54, 1.807) is 24.3 Å². The lowest BCUT2D eigenvalue weighted by Gasteiger charge is -2.54. The van der Waals surface area contributed by atoms with Gasteiger partial charge in [-0.25, -0.2) is 4.79 Å². The van der Waals surface area contributed by atoms with Crippen molar-refractivity contribution in [2.45, 2.75) is 63.3 Å².